The van der Waals surface area contributed by atoms with Crippen molar-refractivity contribution in [3.05, 3.63) is 35.4 Å². The summed E-state index contributed by atoms with van der Waals surface area (Å²) < 4.78 is 26.2. The number of rotatable bonds is 2. The van der Waals surface area contributed by atoms with Crippen LogP contribution in [-0.2, 0) is 4.79 Å². The number of hydrogen-bond acceptors (Lipinski definition) is 4. The Labute approximate surface area is 137 Å². The summed E-state index contributed by atoms with van der Waals surface area (Å²) in [6, 6.07) is 2.99. The zero-order valence-electron chi connectivity index (χ0n) is 12.4. The zero-order valence-corrected chi connectivity index (χ0v) is 13.2. The Morgan fingerprint density at radius 3 is 2.39 bits per heavy atom. The molecule has 1 unspecified atom stereocenters. The van der Waals surface area contributed by atoms with Crippen LogP contribution in [0.3, 0.4) is 0 Å². The predicted molar refractivity (Wildman–Crippen MR) is 83.1 cm³/mol. The fourth-order valence-corrected chi connectivity index (χ4v) is 3.65. The molecule has 1 atom stereocenters. The van der Waals surface area contributed by atoms with E-state index in [2.05, 4.69) is 5.32 Å². The average molecular weight is 341 g/mol. The van der Waals surface area contributed by atoms with Gasteiger partial charge in [0.15, 0.2) is 11.6 Å². The maximum Gasteiger partial charge on any atom is 0.254 e. The second-order valence-electron chi connectivity index (χ2n) is 5.52. The van der Waals surface area contributed by atoms with Crippen molar-refractivity contribution in [3.8, 4) is 0 Å². The minimum absolute atomic E-state index is 0.0647. The van der Waals surface area contributed by atoms with E-state index in [1.54, 1.807) is 21.6 Å². The molecule has 1 aromatic rings. The molecule has 0 saturated carbocycles. The number of piperazine rings is 1. The first-order valence-electron chi connectivity index (χ1n) is 7.40. The summed E-state index contributed by atoms with van der Waals surface area (Å²) in [7, 11) is 0. The van der Waals surface area contributed by atoms with E-state index in [-0.39, 0.29) is 23.4 Å². The molecule has 3 rings (SSSR count). The number of carbonyl (C=O) groups excluding carboxylic acids is 2. The lowest BCUT2D eigenvalue weighted by Crippen LogP contribution is -2.54. The number of halogens is 2. The molecule has 0 aromatic heterocycles. The first kappa shape index (κ1) is 16.2. The monoisotopic (exact) mass is 341 g/mol. The van der Waals surface area contributed by atoms with E-state index in [1.807, 2.05) is 0 Å². The molecule has 2 amide bonds. The van der Waals surface area contributed by atoms with Crippen LogP contribution < -0.4 is 5.32 Å². The quantitative estimate of drug-likeness (QED) is 0.869. The van der Waals surface area contributed by atoms with Crippen LogP contribution in [0.2, 0.25) is 0 Å². The van der Waals surface area contributed by atoms with Crippen molar-refractivity contribution >= 4 is 23.6 Å². The first-order valence-corrected chi connectivity index (χ1v) is 8.56. The second kappa shape index (κ2) is 6.84. The van der Waals surface area contributed by atoms with Crippen LogP contribution in [0.15, 0.2) is 18.2 Å². The van der Waals surface area contributed by atoms with Gasteiger partial charge >= 0.3 is 0 Å². The van der Waals surface area contributed by atoms with Gasteiger partial charge in [-0.3, -0.25) is 14.9 Å². The van der Waals surface area contributed by atoms with E-state index in [9.17, 15) is 18.4 Å². The molecule has 8 heteroatoms. The first-order chi connectivity index (χ1) is 11.1. The van der Waals surface area contributed by atoms with Crippen LogP contribution in [0.25, 0.3) is 0 Å². The molecule has 0 bridgehead atoms. The summed E-state index contributed by atoms with van der Waals surface area (Å²) >= 11 is 1.69. The molecular formula is C15H17F2N3O2S. The average Bonchev–Trinajstić information content (AvgIpc) is 3.11. The third-order valence-electron chi connectivity index (χ3n) is 4.06. The summed E-state index contributed by atoms with van der Waals surface area (Å²) in [5.41, 5.74) is 0.123. The minimum atomic E-state index is -1.03. The fraction of sp³-hybridized carbons (Fsp3) is 0.467. The Kier molecular flexibility index (Phi) is 4.82. The van der Waals surface area contributed by atoms with Gasteiger partial charge in [0, 0.05) is 43.4 Å². The Balaban J connectivity index is 1.58. The number of hydrogen-bond donors (Lipinski definition) is 1. The van der Waals surface area contributed by atoms with Gasteiger partial charge in [0.2, 0.25) is 5.91 Å². The van der Waals surface area contributed by atoms with E-state index in [0.717, 1.165) is 23.8 Å². The number of thioether (sulfide) groups is 1. The molecular weight excluding hydrogens is 324 g/mol. The molecule has 1 N–H and O–H groups in total. The fourth-order valence-electron chi connectivity index (χ4n) is 2.72. The third kappa shape index (κ3) is 3.48. The van der Waals surface area contributed by atoms with E-state index >= 15 is 0 Å². The molecule has 0 spiro atoms. The van der Waals surface area contributed by atoms with Gasteiger partial charge < -0.3 is 9.80 Å². The molecule has 5 nitrogen and oxygen atoms in total. The van der Waals surface area contributed by atoms with Gasteiger partial charge in [-0.15, -0.1) is 11.8 Å². The number of carbonyl (C=O) groups is 2. The SMILES string of the molecule is O=C(c1ccc(F)c(F)c1)N1CCN(C(=O)C2CSCN2)CC1. The second-order valence-corrected chi connectivity index (χ2v) is 6.55. The minimum Gasteiger partial charge on any atom is -0.338 e. The number of amides is 2. The molecule has 0 aliphatic carbocycles. The van der Waals surface area contributed by atoms with Crippen molar-refractivity contribution < 1.29 is 18.4 Å². The Morgan fingerprint density at radius 2 is 1.78 bits per heavy atom. The van der Waals surface area contributed by atoms with Crippen molar-refractivity contribution in [2.45, 2.75) is 6.04 Å². The van der Waals surface area contributed by atoms with E-state index in [1.165, 1.54) is 6.07 Å². The van der Waals surface area contributed by atoms with Crippen molar-refractivity contribution in [1.29, 1.82) is 0 Å². The van der Waals surface area contributed by atoms with Gasteiger partial charge in [0.25, 0.3) is 5.91 Å². The third-order valence-corrected chi connectivity index (χ3v) is 5.00. The van der Waals surface area contributed by atoms with Gasteiger partial charge in [-0.1, -0.05) is 0 Å². The van der Waals surface area contributed by atoms with Crippen molar-refractivity contribution in [3.63, 3.8) is 0 Å². The van der Waals surface area contributed by atoms with Crippen LogP contribution in [-0.4, -0.2) is 65.5 Å². The predicted octanol–water partition coefficient (Wildman–Crippen LogP) is 0.912. The van der Waals surface area contributed by atoms with Crippen molar-refractivity contribution in [1.82, 2.24) is 15.1 Å². The highest BCUT2D eigenvalue weighted by Gasteiger charge is 2.30. The molecule has 2 aliphatic heterocycles. The smallest absolute Gasteiger partial charge is 0.254 e. The van der Waals surface area contributed by atoms with E-state index < -0.39 is 11.6 Å². The highest BCUT2D eigenvalue weighted by Crippen LogP contribution is 2.15. The van der Waals surface area contributed by atoms with Gasteiger partial charge in [0.1, 0.15) is 0 Å². The normalized spacial score (nSPS) is 21.6. The molecule has 124 valence electrons. The van der Waals surface area contributed by atoms with Crippen molar-refractivity contribution in [2.24, 2.45) is 0 Å². The zero-order chi connectivity index (χ0) is 16.4. The topological polar surface area (TPSA) is 52.7 Å². The standard InChI is InChI=1S/C15H17F2N3O2S/c16-11-2-1-10(7-12(11)17)14(21)19-3-5-20(6-4-19)15(22)13-8-23-9-18-13/h1-2,7,13,18H,3-6,8-9H2. The molecule has 1 aromatic carbocycles. The van der Waals surface area contributed by atoms with Crippen LogP contribution in [0.5, 0.6) is 0 Å². The Bertz CT molecular complexity index is 615. The molecule has 23 heavy (non-hydrogen) atoms. The van der Waals surface area contributed by atoms with Gasteiger partial charge in [-0.2, -0.15) is 0 Å². The van der Waals surface area contributed by atoms with Crippen molar-refractivity contribution in [2.75, 3.05) is 37.8 Å². The van der Waals surface area contributed by atoms with E-state index in [0.29, 0.717) is 26.2 Å². The molecule has 2 heterocycles. The van der Waals surface area contributed by atoms with Gasteiger partial charge in [-0.05, 0) is 18.2 Å². The molecule has 2 aliphatic rings. The summed E-state index contributed by atoms with van der Waals surface area (Å²) in [6.45, 7) is 1.70. The van der Waals surface area contributed by atoms with Gasteiger partial charge in [0.05, 0.1) is 6.04 Å². The number of nitrogens with zero attached hydrogens (tertiary/aromatic N) is 2. The lowest BCUT2D eigenvalue weighted by atomic mass is 10.1. The summed E-state index contributed by atoms with van der Waals surface area (Å²) in [5, 5.41) is 3.14. The van der Waals surface area contributed by atoms with Crippen LogP contribution >= 0.6 is 11.8 Å². The molecule has 2 saturated heterocycles. The number of nitrogens with one attached hydrogen (secondary N) is 1. The Hall–Kier alpha value is -1.67. The van der Waals surface area contributed by atoms with E-state index in [4.69, 9.17) is 0 Å². The highest BCUT2D eigenvalue weighted by atomic mass is 32.2. The lowest BCUT2D eigenvalue weighted by molar-refractivity contribution is -0.134. The largest absolute Gasteiger partial charge is 0.338 e. The maximum absolute atomic E-state index is 13.2. The molecule has 0 radical (unpaired) electrons. The van der Waals surface area contributed by atoms with Crippen LogP contribution in [0, 0.1) is 11.6 Å². The Morgan fingerprint density at radius 1 is 1.09 bits per heavy atom. The summed E-state index contributed by atoms with van der Waals surface area (Å²) in [6.07, 6.45) is 0. The van der Waals surface area contributed by atoms with Crippen LogP contribution in [0.1, 0.15) is 10.4 Å². The summed E-state index contributed by atoms with van der Waals surface area (Å²) in [4.78, 5) is 27.9. The maximum atomic E-state index is 13.2. The highest BCUT2D eigenvalue weighted by molar-refractivity contribution is 7.99. The molecule has 2 fully saturated rings. The van der Waals surface area contributed by atoms with Crippen LogP contribution in [0.4, 0.5) is 8.78 Å². The number of benzene rings is 1. The van der Waals surface area contributed by atoms with Gasteiger partial charge in [-0.25, -0.2) is 8.78 Å². The summed E-state index contributed by atoms with van der Waals surface area (Å²) in [5.74, 6) is -0.730. The lowest BCUT2D eigenvalue weighted by Gasteiger charge is -2.36.